The first kappa shape index (κ1) is 12.9. The van der Waals surface area contributed by atoms with Crippen LogP contribution in [-0.4, -0.2) is 24.5 Å². The number of alkyl halides is 3. The van der Waals surface area contributed by atoms with Gasteiger partial charge in [0.1, 0.15) is 24.1 Å². The zero-order chi connectivity index (χ0) is 13.2. The van der Waals surface area contributed by atoms with Gasteiger partial charge in [0.2, 0.25) is 0 Å². The number of fused-ring (bicyclic) bond motifs is 1. The van der Waals surface area contributed by atoms with E-state index in [9.17, 15) is 18.3 Å². The van der Waals surface area contributed by atoms with Crippen molar-refractivity contribution in [3.05, 3.63) is 36.1 Å². The molecule has 6 heteroatoms. The Bertz CT molecular complexity index is 486. The van der Waals surface area contributed by atoms with Gasteiger partial charge in [0.15, 0.2) is 0 Å². The van der Waals surface area contributed by atoms with E-state index in [2.05, 4.69) is 4.74 Å². The molecule has 0 bridgehead atoms. The standard InChI is InChI=1S/C12H11F3O3/c13-12(14,15)7-17-6-9(16)11-5-8-3-1-2-4-10(8)18-11/h1-5,9,16H,6-7H2. The van der Waals surface area contributed by atoms with E-state index in [4.69, 9.17) is 4.42 Å². The van der Waals surface area contributed by atoms with E-state index < -0.39 is 25.5 Å². The minimum Gasteiger partial charge on any atom is -0.458 e. The van der Waals surface area contributed by atoms with Gasteiger partial charge >= 0.3 is 6.18 Å². The molecule has 0 radical (unpaired) electrons. The van der Waals surface area contributed by atoms with Gasteiger partial charge in [-0.3, -0.25) is 0 Å². The molecular weight excluding hydrogens is 249 g/mol. The molecule has 0 fully saturated rings. The molecule has 0 aliphatic carbocycles. The van der Waals surface area contributed by atoms with Crippen molar-refractivity contribution in [2.24, 2.45) is 0 Å². The van der Waals surface area contributed by atoms with Gasteiger partial charge in [0, 0.05) is 5.39 Å². The van der Waals surface area contributed by atoms with E-state index in [1.807, 2.05) is 0 Å². The van der Waals surface area contributed by atoms with E-state index in [1.165, 1.54) is 0 Å². The van der Waals surface area contributed by atoms with Crippen LogP contribution < -0.4 is 0 Å². The summed E-state index contributed by atoms with van der Waals surface area (Å²) in [7, 11) is 0. The SMILES string of the molecule is OC(COCC(F)(F)F)c1cc2ccccc2o1. The highest BCUT2D eigenvalue weighted by atomic mass is 19.4. The Morgan fingerprint density at radius 1 is 1.28 bits per heavy atom. The minimum atomic E-state index is -4.40. The molecule has 0 aliphatic rings. The number of aliphatic hydroxyl groups excluding tert-OH is 1. The van der Waals surface area contributed by atoms with E-state index in [-0.39, 0.29) is 5.76 Å². The van der Waals surface area contributed by atoms with Crippen LogP contribution in [0.25, 0.3) is 11.0 Å². The number of hydrogen-bond donors (Lipinski definition) is 1. The average Bonchev–Trinajstić information content (AvgIpc) is 2.70. The topological polar surface area (TPSA) is 42.6 Å². The second-order valence-electron chi connectivity index (χ2n) is 3.83. The lowest BCUT2D eigenvalue weighted by Gasteiger charge is -2.10. The molecule has 1 atom stereocenters. The second kappa shape index (κ2) is 4.99. The predicted octanol–water partition coefficient (Wildman–Crippen LogP) is 3.05. The van der Waals surface area contributed by atoms with Crippen LogP contribution in [0.1, 0.15) is 11.9 Å². The van der Waals surface area contributed by atoms with Crippen molar-refractivity contribution in [1.29, 1.82) is 0 Å². The Labute approximate surface area is 101 Å². The lowest BCUT2D eigenvalue weighted by Crippen LogP contribution is -2.19. The number of ether oxygens (including phenoxy) is 1. The number of hydrogen-bond acceptors (Lipinski definition) is 3. The van der Waals surface area contributed by atoms with Gasteiger partial charge in [-0.25, -0.2) is 0 Å². The van der Waals surface area contributed by atoms with Gasteiger partial charge in [-0.2, -0.15) is 13.2 Å². The third kappa shape index (κ3) is 3.24. The molecule has 2 rings (SSSR count). The van der Waals surface area contributed by atoms with Crippen LogP contribution in [0.4, 0.5) is 13.2 Å². The van der Waals surface area contributed by atoms with Crippen LogP contribution in [0, 0.1) is 0 Å². The molecule has 1 aromatic carbocycles. The summed E-state index contributed by atoms with van der Waals surface area (Å²) in [6.45, 7) is -1.84. The van der Waals surface area contributed by atoms with Gasteiger partial charge in [0.05, 0.1) is 6.61 Å². The number of para-hydroxylation sites is 1. The van der Waals surface area contributed by atoms with Crippen molar-refractivity contribution in [1.82, 2.24) is 0 Å². The molecule has 1 heterocycles. The normalized spacial score (nSPS) is 14.0. The van der Waals surface area contributed by atoms with Crippen molar-refractivity contribution in [3.63, 3.8) is 0 Å². The summed E-state index contributed by atoms with van der Waals surface area (Å²) >= 11 is 0. The second-order valence-corrected chi connectivity index (χ2v) is 3.83. The van der Waals surface area contributed by atoms with Crippen molar-refractivity contribution >= 4 is 11.0 Å². The Kier molecular flexibility index (Phi) is 3.58. The first-order chi connectivity index (χ1) is 8.46. The lowest BCUT2D eigenvalue weighted by atomic mass is 10.2. The summed E-state index contributed by atoms with van der Waals surface area (Å²) < 4.78 is 45.2. The molecule has 0 saturated carbocycles. The fraction of sp³-hybridized carbons (Fsp3) is 0.333. The average molecular weight is 260 g/mol. The quantitative estimate of drug-likeness (QED) is 0.918. The Hall–Kier alpha value is -1.53. The predicted molar refractivity (Wildman–Crippen MR) is 58.0 cm³/mol. The number of benzene rings is 1. The fourth-order valence-electron chi connectivity index (χ4n) is 1.54. The maximum absolute atomic E-state index is 11.8. The van der Waals surface area contributed by atoms with Gasteiger partial charge in [-0.05, 0) is 12.1 Å². The summed E-state index contributed by atoms with van der Waals surface area (Å²) in [6, 6.07) is 8.64. The zero-order valence-corrected chi connectivity index (χ0v) is 9.28. The molecule has 0 aliphatic heterocycles. The van der Waals surface area contributed by atoms with Crippen molar-refractivity contribution in [3.8, 4) is 0 Å². The maximum atomic E-state index is 11.8. The zero-order valence-electron chi connectivity index (χ0n) is 9.28. The summed E-state index contributed by atoms with van der Waals surface area (Å²) in [5.41, 5.74) is 0.572. The van der Waals surface area contributed by atoms with E-state index in [0.29, 0.717) is 5.58 Å². The Balaban J connectivity index is 1.98. The van der Waals surface area contributed by atoms with Crippen molar-refractivity contribution in [2.45, 2.75) is 12.3 Å². The highest BCUT2D eigenvalue weighted by Crippen LogP contribution is 2.24. The van der Waals surface area contributed by atoms with Crippen molar-refractivity contribution < 1.29 is 27.4 Å². The number of rotatable bonds is 4. The largest absolute Gasteiger partial charge is 0.458 e. The Morgan fingerprint density at radius 3 is 2.67 bits per heavy atom. The van der Waals surface area contributed by atoms with Crippen LogP contribution in [0.3, 0.4) is 0 Å². The van der Waals surface area contributed by atoms with Crippen LogP contribution in [-0.2, 0) is 4.74 Å². The van der Waals surface area contributed by atoms with E-state index >= 15 is 0 Å². The van der Waals surface area contributed by atoms with Crippen LogP contribution in [0.15, 0.2) is 34.7 Å². The maximum Gasteiger partial charge on any atom is 0.411 e. The van der Waals surface area contributed by atoms with Crippen LogP contribution in [0.2, 0.25) is 0 Å². The molecule has 1 N–H and O–H groups in total. The van der Waals surface area contributed by atoms with Crippen LogP contribution in [0.5, 0.6) is 0 Å². The molecule has 0 spiro atoms. The first-order valence-corrected chi connectivity index (χ1v) is 5.27. The molecule has 98 valence electrons. The molecule has 2 aromatic rings. The molecule has 1 aromatic heterocycles. The Morgan fingerprint density at radius 2 is 2.00 bits per heavy atom. The molecular formula is C12H11F3O3. The smallest absolute Gasteiger partial charge is 0.411 e. The van der Waals surface area contributed by atoms with Gasteiger partial charge in [-0.1, -0.05) is 18.2 Å². The lowest BCUT2D eigenvalue weighted by molar-refractivity contribution is -0.179. The van der Waals surface area contributed by atoms with E-state index in [1.54, 1.807) is 30.3 Å². The van der Waals surface area contributed by atoms with Gasteiger partial charge in [0.25, 0.3) is 0 Å². The molecule has 3 nitrogen and oxygen atoms in total. The summed E-state index contributed by atoms with van der Waals surface area (Å²) in [5, 5.41) is 10.4. The minimum absolute atomic E-state index is 0.193. The molecule has 0 amide bonds. The number of furan rings is 1. The monoisotopic (exact) mass is 260 g/mol. The van der Waals surface area contributed by atoms with Gasteiger partial charge < -0.3 is 14.3 Å². The summed E-state index contributed by atoms with van der Waals surface area (Å²) in [5.74, 6) is 0.193. The molecule has 18 heavy (non-hydrogen) atoms. The van der Waals surface area contributed by atoms with Crippen molar-refractivity contribution in [2.75, 3.05) is 13.2 Å². The molecule has 0 saturated heterocycles. The number of halogens is 3. The van der Waals surface area contributed by atoms with Crippen LogP contribution >= 0.6 is 0 Å². The summed E-state index contributed by atoms with van der Waals surface area (Å²) in [4.78, 5) is 0. The number of aliphatic hydroxyl groups is 1. The third-order valence-electron chi connectivity index (χ3n) is 2.31. The van der Waals surface area contributed by atoms with E-state index in [0.717, 1.165) is 5.39 Å². The summed E-state index contributed by atoms with van der Waals surface area (Å²) in [6.07, 6.45) is -5.60. The highest BCUT2D eigenvalue weighted by molar-refractivity contribution is 5.77. The first-order valence-electron chi connectivity index (χ1n) is 5.27. The highest BCUT2D eigenvalue weighted by Gasteiger charge is 2.28. The van der Waals surface area contributed by atoms with Gasteiger partial charge in [-0.15, -0.1) is 0 Å². The fourth-order valence-corrected chi connectivity index (χ4v) is 1.54. The molecule has 1 unspecified atom stereocenters. The third-order valence-corrected chi connectivity index (χ3v) is 2.31.